The number of likely N-dealkylation sites (tertiary alicyclic amines) is 2. The Morgan fingerprint density at radius 3 is 1.72 bits per heavy atom. The van der Waals surface area contributed by atoms with Crippen LogP contribution in [0.1, 0.15) is 20.7 Å². The highest BCUT2D eigenvalue weighted by Crippen LogP contribution is 2.54. The van der Waals surface area contributed by atoms with E-state index in [1.165, 1.54) is 0 Å². The molecule has 3 aliphatic rings. The van der Waals surface area contributed by atoms with Crippen molar-refractivity contribution >= 4 is 34.4 Å². The van der Waals surface area contributed by atoms with E-state index in [0.717, 1.165) is 48.4 Å². The number of H-pyrrole nitrogens is 1. The summed E-state index contributed by atoms with van der Waals surface area (Å²) in [6.07, 6.45) is 0. The molecular weight excluding hydrogens is 474 g/mol. The fourth-order valence-electron chi connectivity index (χ4n) is 6.49. The first-order valence-corrected chi connectivity index (χ1v) is 12.7. The van der Waals surface area contributed by atoms with Crippen LogP contribution in [0.2, 0.25) is 5.02 Å². The molecule has 1 aliphatic carbocycles. The van der Waals surface area contributed by atoms with Crippen LogP contribution >= 0.6 is 11.6 Å². The van der Waals surface area contributed by atoms with Gasteiger partial charge < -0.3 is 9.80 Å². The predicted molar refractivity (Wildman–Crippen MR) is 137 cm³/mol. The van der Waals surface area contributed by atoms with Crippen LogP contribution < -0.4 is 0 Å². The number of carbonyl (C=O) groups is 2. The Morgan fingerprint density at radius 1 is 0.667 bits per heavy atom. The first-order chi connectivity index (χ1) is 17.5. The summed E-state index contributed by atoms with van der Waals surface area (Å²) in [5.74, 6) is 2.05. The molecule has 4 aromatic rings. The summed E-state index contributed by atoms with van der Waals surface area (Å²) in [4.78, 5) is 30.4. The van der Waals surface area contributed by atoms with Crippen molar-refractivity contribution < 1.29 is 9.59 Å². The largest absolute Gasteiger partial charge is 0.338 e. The van der Waals surface area contributed by atoms with Crippen LogP contribution in [0.5, 0.6) is 0 Å². The van der Waals surface area contributed by atoms with Crippen molar-refractivity contribution in [2.45, 2.75) is 0 Å². The molecule has 3 aromatic carbocycles. The van der Waals surface area contributed by atoms with Gasteiger partial charge in [0.25, 0.3) is 11.8 Å². The van der Waals surface area contributed by atoms with Gasteiger partial charge in [-0.1, -0.05) is 35.9 Å². The molecule has 1 N–H and O–H groups in total. The molecule has 180 valence electrons. The third-order valence-corrected chi connectivity index (χ3v) is 8.62. The Morgan fingerprint density at radius 2 is 1.14 bits per heavy atom. The van der Waals surface area contributed by atoms with Crippen LogP contribution in [-0.2, 0) is 0 Å². The summed E-state index contributed by atoms with van der Waals surface area (Å²) in [5, 5.41) is 11.5. The van der Waals surface area contributed by atoms with Crippen LogP contribution in [0.25, 0.3) is 22.2 Å². The standard InChI is InChI=1S/C28H24ClN5O2/c29-20-8-5-17(6-9-20)16-1-3-18(4-2-16)27(35)33-12-21-22(13-33)24-15-34(14-23(21)24)28(36)19-7-10-25-26(11-19)31-32-30-25/h1-11,21-24H,12-15H2,(H,30,31,32)/t21?,22?,23-,24+. The van der Waals surface area contributed by atoms with Gasteiger partial charge in [-0.25, -0.2) is 0 Å². The monoisotopic (exact) mass is 497 g/mol. The highest BCUT2D eigenvalue weighted by Gasteiger charge is 2.59. The maximum absolute atomic E-state index is 13.3. The fraction of sp³-hybridized carbons (Fsp3) is 0.286. The molecule has 36 heavy (non-hydrogen) atoms. The number of benzene rings is 3. The molecule has 1 aromatic heterocycles. The zero-order chi connectivity index (χ0) is 24.4. The summed E-state index contributed by atoms with van der Waals surface area (Å²) in [6.45, 7) is 3.08. The van der Waals surface area contributed by atoms with E-state index in [0.29, 0.717) is 39.8 Å². The average molecular weight is 498 g/mol. The number of halogens is 1. The van der Waals surface area contributed by atoms with Crippen molar-refractivity contribution in [2.75, 3.05) is 26.2 Å². The van der Waals surface area contributed by atoms with Gasteiger partial charge in [0.15, 0.2) is 0 Å². The first kappa shape index (κ1) is 21.6. The normalized spacial score (nSPS) is 24.5. The highest BCUT2D eigenvalue weighted by molar-refractivity contribution is 6.30. The van der Waals surface area contributed by atoms with Gasteiger partial charge in [0.2, 0.25) is 0 Å². The number of fused-ring (bicyclic) bond motifs is 5. The molecule has 4 atom stereocenters. The van der Waals surface area contributed by atoms with Crippen molar-refractivity contribution in [2.24, 2.45) is 23.7 Å². The van der Waals surface area contributed by atoms with Crippen LogP contribution in [0.3, 0.4) is 0 Å². The molecule has 0 bridgehead atoms. The molecule has 3 heterocycles. The quantitative estimate of drug-likeness (QED) is 0.455. The van der Waals surface area contributed by atoms with Gasteiger partial charge in [-0.15, -0.1) is 0 Å². The van der Waals surface area contributed by atoms with Gasteiger partial charge in [-0.05, 0) is 77.3 Å². The minimum absolute atomic E-state index is 0.0566. The lowest BCUT2D eigenvalue weighted by Gasteiger charge is -2.42. The number of aromatic amines is 1. The maximum Gasteiger partial charge on any atom is 0.253 e. The molecular formula is C28H24ClN5O2. The molecule has 2 aliphatic heterocycles. The summed E-state index contributed by atoms with van der Waals surface area (Å²) in [7, 11) is 0. The predicted octanol–water partition coefficient (Wildman–Crippen LogP) is 4.37. The van der Waals surface area contributed by atoms with Crippen molar-refractivity contribution in [3.8, 4) is 11.1 Å². The maximum atomic E-state index is 13.3. The number of nitrogens with zero attached hydrogens (tertiary/aromatic N) is 4. The molecule has 8 heteroatoms. The minimum atomic E-state index is 0.0566. The molecule has 2 amide bonds. The van der Waals surface area contributed by atoms with Gasteiger partial charge in [0.1, 0.15) is 11.0 Å². The zero-order valence-electron chi connectivity index (χ0n) is 19.5. The number of hydrogen-bond acceptors (Lipinski definition) is 4. The average Bonchev–Trinajstić information content (AvgIpc) is 3.62. The third kappa shape index (κ3) is 3.41. The van der Waals surface area contributed by atoms with Crippen molar-refractivity contribution in [3.63, 3.8) is 0 Å². The third-order valence-electron chi connectivity index (χ3n) is 8.37. The molecule has 0 spiro atoms. The number of hydrogen-bond donors (Lipinski definition) is 1. The van der Waals surface area contributed by atoms with Crippen molar-refractivity contribution in [1.29, 1.82) is 0 Å². The Kier molecular flexibility index (Phi) is 4.89. The Balaban J connectivity index is 1.00. The van der Waals surface area contributed by atoms with Gasteiger partial charge in [-0.2, -0.15) is 15.4 Å². The van der Waals surface area contributed by atoms with E-state index in [-0.39, 0.29) is 11.8 Å². The molecule has 7 nitrogen and oxygen atoms in total. The van der Waals surface area contributed by atoms with E-state index in [1.807, 2.05) is 70.5 Å². The highest BCUT2D eigenvalue weighted by atomic mass is 35.5. The van der Waals surface area contributed by atoms with E-state index in [1.54, 1.807) is 6.07 Å². The fourth-order valence-corrected chi connectivity index (χ4v) is 6.62. The topological polar surface area (TPSA) is 82.2 Å². The Labute approximate surface area is 213 Å². The SMILES string of the molecule is O=C(c1ccc(-c2ccc(Cl)cc2)cc1)N1CC2C(C1)[C@@H]1CN(C(=O)c3ccc4n[nH]nc4c3)C[C@H]21. The molecule has 1 saturated carbocycles. The van der Waals surface area contributed by atoms with E-state index in [9.17, 15) is 9.59 Å². The Hall–Kier alpha value is -3.71. The van der Waals surface area contributed by atoms with Gasteiger partial charge in [-0.3, -0.25) is 9.59 Å². The number of amides is 2. The number of rotatable bonds is 3. The van der Waals surface area contributed by atoms with Gasteiger partial charge in [0.05, 0.1) is 0 Å². The molecule has 0 radical (unpaired) electrons. The lowest BCUT2D eigenvalue weighted by atomic mass is 9.60. The summed E-state index contributed by atoms with van der Waals surface area (Å²) < 4.78 is 0. The van der Waals surface area contributed by atoms with Gasteiger partial charge in [0, 0.05) is 42.3 Å². The molecule has 3 fully saturated rings. The molecule has 2 saturated heterocycles. The molecule has 2 unspecified atom stereocenters. The zero-order valence-corrected chi connectivity index (χ0v) is 20.2. The van der Waals surface area contributed by atoms with Crippen LogP contribution in [0.4, 0.5) is 0 Å². The minimum Gasteiger partial charge on any atom is -0.338 e. The summed E-state index contributed by atoms with van der Waals surface area (Å²) in [6, 6.07) is 21.0. The second-order valence-corrected chi connectivity index (χ2v) is 10.6. The second kappa shape index (κ2) is 8.17. The summed E-state index contributed by atoms with van der Waals surface area (Å²) in [5.41, 5.74) is 4.97. The van der Waals surface area contributed by atoms with E-state index in [4.69, 9.17) is 11.6 Å². The van der Waals surface area contributed by atoms with Crippen LogP contribution in [0.15, 0.2) is 66.7 Å². The van der Waals surface area contributed by atoms with E-state index >= 15 is 0 Å². The smallest absolute Gasteiger partial charge is 0.253 e. The van der Waals surface area contributed by atoms with Crippen LogP contribution in [0, 0.1) is 23.7 Å². The lowest BCUT2D eigenvalue weighted by molar-refractivity contribution is 0.0629. The van der Waals surface area contributed by atoms with Crippen LogP contribution in [-0.4, -0.2) is 63.2 Å². The number of nitrogens with one attached hydrogen (secondary N) is 1. The van der Waals surface area contributed by atoms with Crippen molar-refractivity contribution in [3.05, 3.63) is 82.9 Å². The van der Waals surface area contributed by atoms with Gasteiger partial charge >= 0.3 is 0 Å². The lowest BCUT2D eigenvalue weighted by Crippen LogP contribution is -2.44. The number of aromatic nitrogens is 3. The van der Waals surface area contributed by atoms with E-state index in [2.05, 4.69) is 15.4 Å². The van der Waals surface area contributed by atoms with Crippen molar-refractivity contribution in [1.82, 2.24) is 25.2 Å². The number of carbonyl (C=O) groups excluding carboxylic acids is 2. The molecule has 7 rings (SSSR count). The first-order valence-electron chi connectivity index (χ1n) is 12.3. The Bertz CT molecular complexity index is 1460. The summed E-state index contributed by atoms with van der Waals surface area (Å²) >= 11 is 5.99. The second-order valence-electron chi connectivity index (χ2n) is 10.2. The van der Waals surface area contributed by atoms with E-state index < -0.39 is 0 Å².